The minimum atomic E-state index is -0.668. The lowest BCUT2D eigenvalue weighted by Gasteiger charge is -2.08. The molecule has 0 bridgehead atoms. The van der Waals surface area contributed by atoms with Gasteiger partial charge in [-0.05, 0) is 60.7 Å². The summed E-state index contributed by atoms with van der Waals surface area (Å²) in [6, 6.07) is 28.4. The van der Waals surface area contributed by atoms with Crippen LogP contribution in [0.3, 0.4) is 0 Å². The zero-order chi connectivity index (χ0) is 29.0. The van der Waals surface area contributed by atoms with Crippen LogP contribution in [0.4, 0.5) is 5.69 Å². The Balaban J connectivity index is 1.37. The normalized spacial score (nSPS) is 10.8. The highest BCUT2D eigenvalue weighted by Gasteiger charge is 2.11. The lowest BCUT2D eigenvalue weighted by Crippen LogP contribution is -2.17. The summed E-state index contributed by atoms with van der Waals surface area (Å²) in [4.78, 5) is 48.6. The van der Waals surface area contributed by atoms with E-state index in [2.05, 4.69) is 15.8 Å². The third-order valence-corrected chi connectivity index (χ3v) is 5.50. The number of esters is 2. The SMILES string of the molecule is CC(=O)Nc1ccc(C(=O)N/N=C/c2ccccc2OC(=O)/C=C/c2ccccc2OC(=O)c2ccccc2)cc1. The zero-order valence-electron chi connectivity index (χ0n) is 21.9. The van der Waals surface area contributed by atoms with E-state index >= 15 is 0 Å². The summed E-state index contributed by atoms with van der Waals surface area (Å²) >= 11 is 0. The topological polar surface area (TPSA) is 123 Å². The second kappa shape index (κ2) is 13.8. The number of hydrogen-bond acceptors (Lipinski definition) is 7. The molecule has 0 aliphatic carbocycles. The highest BCUT2D eigenvalue weighted by atomic mass is 16.5. The van der Waals surface area contributed by atoms with Gasteiger partial charge >= 0.3 is 11.9 Å². The Morgan fingerprint density at radius 2 is 1.29 bits per heavy atom. The maximum absolute atomic E-state index is 12.6. The maximum Gasteiger partial charge on any atom is 0.343 e. The molecule has 9 nitrogen and oxygen atoms in total. The van der Waals surface area contributed by atoms with Gasteiger partial charge < -0.3 is 14.8 Å². The third kappa shape index (κ3) is 8.33. The average Bonchev–Trinajstić information content (AvgIpc) is 2.98. The van der Waals surface area contributed by atoms with Gasteiger partial charge in [-0.2, -0.15) is 5.10 Å². The molecule has 41 heavy (non-hydrogen) atoms. The number of ether oxygens (including phenoxy) is 2. The Bertz CT molecular complexity index is 1610. The van der Waals surface area contributed by atoms with E-state index in [0.717, 1.165) is 0 Å². The molecule has 0 unspecified atom stereocenters. The number of carbonyl (C=O) groups is 4. The van der Waals surface area contributed by atoms with Crippen molar-refractivity contribution in [2.45, 2.75) is 6.92 Å². The van der Waals surface area contributed by atoms with Crippen LogP contribution >= 0.6 is 0 Å². The number of hydrazone groups is 1. The quantitative estimate of drug-likeness (QED) is 0.0971. The van der Waals surface area contributed by atoms with Crippen molar-refractivity contribution in [2.24, 2.45) is 5.10 Å². The monoisotopic (exact) mass is 547 g/mol. The number of carbonyl (C=O) groups excluding carboxylic acids is 4. The zero-order valence-corrected chi connectivity index (χ0v) is 21.9. The Kier molecular flexibility index (Phi) is 9.50. The number of benzene rings is 4. The van der Waals surface area contributed by atoms with Gasteiger partial charge in [0.25, 0.3) is 5.91 Å². The lowest BCUT2D eigenvalue weighted by atomic mass is 10.2. The van der Waals surface area contributed by atoms with Crippen LogP contribution in [0.25, 0.3) is 6.08 Å². The highest BCUT2D eigenvalue weighted by Crippen LogP contribution is 2.22. The Hall–Kier alpha value is -5.83. The van der Waals surface area contributed by atoms with Crippen molar-refractivity contribution in [3.05, 3.63) is 131 Å². The largest absolute Gasteiger partial charge is 0.423 e. The Morgan fingerprint density at radius 3 is 1.98 bits per heavy atom. The lowest BCUT2D eigenvalue weighted by molar-refractivity contribution is -0.128. The van der Waals surface area contributed by atoms with Crippen molar-refractivity contribution in [3.63, 3.8) is 0 Å². The van der Waals surface area contributed by atoms with Gasteiger partial charge in [-0.1, -0.05) is 48.5 Å². The van der Waals surface area contributed by atoms with E-state index in [-0.39, 0.29) is 11.7 Å². The van der Waals surface area contributed by atoms with E-state index in [1.165, 1.54) is 25.3 Å². The fraction of sp³-hybridized carbons (Fsp3) is 0.0312. The highest BCUT2D eigenvalue weighted by molar-refractivity contribution is 5.97. The van der Waals surface area contributed by atoms with Crippen molar-refractivity contribution in [2.75, 3.05) is 5.32 Å². The standard InChI is InChI=1S/C32H25N3O6/c1-22(36)34-27-18-15-24(16-19-27)31(38)35-33-21-26-12-6-8-14-29(26)40-30(37)20-17-23-9-5-7-13-28(23)41-32(39)25-10-3-2-4-11-25/h2-21H,1H3,(H,34,36)(H,35,38)/b20-17+,33-21+. The van der Waals surface area contributed by atoms with Crippen LogP contribution in [0, 0.1) is 0 Å². The molecule has 2 amide bonds. The molecule has 0 heterocycles. The molecule has 0 aromatic heterocycles. The minimum absolute atomic E-state index is 0.212. The number of nitrogens with one attached hydrogen (secondary N) is 2. The molecule has 204 valence electrons. The van der Waals surface area contributed by atoms with Gasteiger partial charge in [0.2, 0.25) is 5.91 Å². The summed E-state index contributed by atoms with van der Waals surface area (Å²) < 4.78 is 11.0. The van der Waals surface area contributed by atoms with Gasteiger partial charge in [0, 0.05) is 35.4 Å². The summed E-state index contributed by atoms with van der Waals surface area (Å²) in [6.07, 6.45) is 4.06. The molecule has 0 atom stereocenters. The number of hydrogen-bond donors (Lipinski definition) is 2. The first-order chi connectivity index (χ1) is 19.9. The molecule has 0 radical (unpaired) electrons. The van der Waals surface area contributed by atoms with Crippen molar-refractivity contribution in [1.29, 1.82) is 0 Å². The van der Waals surface area contributed by atoms with Crippen LogP contribution in [0.15, 0.2) is 114 Å². The summed E-state index contributed by atoms with van der Waals surface area (Å²) in [5, 5.41) is 6.59. The van der Waals surface area contributed by atoms with Crippen LogP contribution in [-0.4, -0.2) is 30.0 Å². The predicted octanol–water partition coefficient (Wildman–Crippen LogP) is 5.25. The fourth-order valence-electron chi connectivity index (χ4n) is 3.56. The Labute approximate surface area is 236 Å². The van der Waals surface area contributed by atoms with Gasteiger partial charge in [-0.3, -0.25) is 9.59 Å². The number of para-hydroxylation sites is 2. The summed E-state index contributed by atoms with van der Waals surface area (Å²) in [7, 11) is 0. The van der Waals surface area contributed by atoms with Crippen molar-refractivity contribution < 1.29 is 28.7 Å². The van der Waals surface area contributed by atoms with Crippen molar-refractivity contribution >= 4 is 41.7 Å². The Morgan fingerprint density at radius 1 is 0.683 bits per heavy atom. The first-order valence-corrected chi connectivity index (χ1v) is 12.5. The van der Waals surface area contributed by atoms with E-state index in [1.807, 2.05) is 0 Å². The smallest absolute Gasteiger partial charge is 0.343 e. The van der Waals surface area contributed by atoms with E-state index in [9.17, 15) is 19.2 Å². The molecule has 9 heteroatoms. The molecule has 0 saturated carbocycles. The van der Waals surface area contributed by atoms with E-state index in [0.29, 0.717) is 33.7 Å². The van der Waals surface area contributed by atoms with Crippen LogP contribution in [0.1, 0.15) is 38.8 Å². The molecule has 4 rings (SSSR count). The molecule has 2 N–H and O–H groups in total. The van der Waals surface area contributed by atoms with E-state index in [4.69, 9.17) is 9.47 Å². The van der Waals surface area contributed by atoms with Crippen LogP contribution < -0.4 is 20.2 Å². The molecular formula is C32H25N3O6. The minimum Gasteiger partial charge on any atom is -0.423 e. The molecule has 0 saturated heterocycles. The molecule has 4 aromatic rings. The van der Waals surface area contributed by atoms with Gasteiger partial charge in [-0.25, -0.2) is 15.0 Å². The van der Waals surface area contributed by atoms with Crippen molar-refractivity contribution in [3.8, 4) is 11.5 Å². The van der Waals surface area contributed by atoms with Gasteiger partial charge in [-0.15, -0.1) is 0 Å². The molecule has 0 aliphatic rings. The second-order valence-corrected chi connectivity index (χ2v) is 8.54. The van der Waals surface area contributed by atoms with Crippen LogP contribution in [0.2, 0.25) is 0 Å². The second-order valence-electron chi connectivity index (χ2n) is 8.54. The summed E-state index contributed by atoms with van der Waals surface area (Å²) in [6.45, 7) is 1.40. The van der Waals surface area contributed by atoms with Crippen LogP contribution in [-0.2, 0) is 9.59 Å². The number of amides is 2. The van der Waals surface area contributed by atoms with Gasteiger partial charge in [0.15, 0.2) is 0 Å². The van der Waals surface area contributed by atoms with Crippen LogP contribution in [0.5, 0.6) is 11.5 Å². The van der Waals surface area contributed by atoms with E-state index < -0.39 is 17.8 Å². The predicted molar refractivity (Wildman–Crippen MR) is 155 cm³/mol. The number of nitrogens with zero attached hydrogens (tertiary/aromatic N) is 1. The number of rotatable bonds is 9. The van der Waals surface area contributed by atoms with Crippen molar-refractivity contribution in [1.82, 2.24) is 5.43 Å². The average molecular weight is 548 g/mol. The number of anilines is 1. The maximum atomic E-state index is 12.6. The summed E-state index contributed by atoms with van der Waals surface area (Å²) in [5.41, 5.74) is 4.69. The summed E-state index contributed by atoms with van der Waals surface area (Å²) in [5.74, 6) is -1.34. The molecular weight excluding hydrogens is 522 g/mol. The van der Waals surface area contributed by atoms with Gasteiger partial charge in [0.05, 0.1) is 11.8 Å². The van der Waals surface area contributed by atoms with E-state index in [1.54, 1.807) is 103 Å². The molecule has 0 aliphatic heterocycles. The first kappa shape index (κ1) is 28.2. The fourth-order valence-corrected chi connectivity index (χ4v) is 3.56. The van der Waals surface area contributed by atoms with Gasteiger partial charge in [0.1, 0.15) is 11.5 Å². The third-order valence-electron chi connectivity index (χ3n) is 5.50. The molecule has 4 aromatic carbocycles. The first-order valence-electron chi connectivity index (χ1n) is 12.5. The molecule has 0 spiro atoms. The molecule has 0 fully saturated rings.